The molecule has 5 heteroatoms. The lowest BCUT2D eigenvalue weighted by atomic mass is 10.2. The Hall–Kier alpha value is -1.64. The average molecular weight is 263 g/mol. The Morgan fingerprint density at radius 1 is 1.37 bits per heavy atom. The maximum absolute atomic E-state index is 13.6. The number of benzene rings is 1. The third-order valence-corrected chi connectivity index (χ3v) is 3.17. The molecule has 102 valence electrons. The fraction of sp³-hybridized carbons (Fsp3) is 0.500. The van der Waals surface area contributed by atoms with E-state index in [1.165, 1.54) is 6.07 Å². The van der Waals surface area contributed by atoms with Gasteiger partial charge in [0, 0.05) is 19.6 Å². The maximum atomic E-state index is 13.6. The van der Waals surface area contributed by atoms with Gasteiger partial charge in [0.25, 0.3) is 0 Å². The summed E-state index contributed by atoms with van der Waals surface area (Å²) in [6.07, 6.45) is 0.958. The summed E-state index contributed by atoms with van der Waals surface area (Å²) in [5.74, 6) is -0.370. The van der Waals surface area contributed by atoms with E-state index < -0.39 is 0 Å². The summed E-state index contributed by atoms with van der Waals surface area (Å²) in [6, 6.07) is 6.41. The van der Waals surface area contributed by atoms with Gasteiger partial charge in [-0.25, -0.2) is 4.39 Å². The van der Waals surface area contributed by atoms with E-state index in [-0.39, 0.29) is 5.82 Å². The summed E-state index contributed by atoms with van der Waals surface area (Å²) < 4.78 is 18.9. The third kappa shape index (κ3) is 4.19. The van der Waals surface area contributed by atoms with Crippen LogP contribution in [0.15, 0.2) is 18.2 Å². The molecule has 1 aliphatic rings. The van der Waals surface area contributed by atoms with Crippen LogP contribution < -0.4 is 5.32 Å². The third-order valence-electron chi connectivity index (χ3n) is 3.17. The van der Waals surface area contributed by atoms with Crippen LogP contribution >= 0.6 is 0 Å². The second-order valence-electron chi connectivity index (χ2n) is 4.54. The number of nitrogens with one attached hydrogen (secondary N) is 1. The van der Waals surface area contributed by atoms with Crippen molar-refractivity contribution < 1.29 is 9.13 Å². The van der Waals surface area contributed by atoms with Gasteiger partial charge in [-0.1, -0.05) is 0 Å². The lowest BCUT2D eigenvalue weighted by Gasteiger charge is -2.26. The Labute approximate surface area is 112 Å². The summed E-state index contributed by atoms with van der Waals surface area (Å²) in [5, 5.41) is 11.7. The highest BCUT2D eigenvalue weighted by atomic mass is 19.1. The number of nitriles is 1. The number of nitrogens with zero attached hydrogens (tertiary/aromatic N) is 2. The van der Waals surface area contributed by atoms with E-state index in [1.54, 1.807) is 12.1 Å². The minimum absolute atomic E-state index is 0.344. The molecule has 0 atom stereocenters. The van der Waals surface area contributed by atoms with Crippen LogP contribution in [0.1, 0.15) is 12.0 Å². The van der Waals surface area contributed by atoms with Crippen LogP contribution in [0.2, 0.25) is 0 Å². The van der Waals surface area contributed by atoms with Crippen molar-refractivity contribution in [2.45, 2.75) is 6.42 Å². The lowest BCUT2D eigenvalue weighted by Crippen LogP contribution is -2.37. The lowest BCUT2D eigenvalue weighted by molar-refractivity contribution is 0.0378. The zero-order valence-corrected chi connectivity index (χ0v) is 10.9. The Morgan fingerprint density at radius 2 is 2.16 bits per heavy atom. The van der Waals surface area contributed by atoms with E-state index in [4.69, 9.17) is 10.00 Å². The molecule has 1 heterocycles. The minimum Gasteiger partial charge on any atom is -0.383 e. The van der Waals surface area contributed by atoms with E-state index in [0.717, 1.165) is 45.8 Å². The fourth-order valence-electron chi connectivity index (χ4n) is 2.08. The van der Waals surface area contributed by atoms with Crippen LogP contribution in [-0.4, -0.2) is 44.3 Å². The largest absolute Gasteiger partial charge is 0.383 e. The zero-order valence-electron chi connectivity index (χ0n) is 10.9. The molecule has 0 unspecified atom stereocenters. The van der Waals surface area contributed by atoms with E-state index >= 15 is 0 Å². The molecule has 19 heavy (non-hydrogen) atoms. The Balaban J connectivity index is 1.72. The minimum atomic E-state index is -0.370. The van der Waals surface area contributed by atoms with Gasteiger partial charge in [-0.3, -0.25) is 4.90 Å². The average Bonchev–Trinajstić information content (AvgIpc) is 2.46. The normalized spacial score (nSPS) is 16.0. The van der Waals surface area contributed by atoms with Gasteiger partial charge in [-0.15, -0.1) is 0 Å². The molecule has 0 saturated carbocycles. The molecule has 4 nitrogen and oxygen atoms in total. The molecule has 1 aromatic carbocycles. The molecule has 0 bridgehead atoms. The molecule has 0 aliphatic carbocycles. The van der Waals surface area contributed by atoms with Crippen LogP contribution in [0, 0.1) is 17.1 Å². The van der Waals surface area contributed by atoms with E-state index in [1.807, 2.05) is 6.07 Å². The van der Waals surface area contributed by atoms with Crippen molar-refractivity contribution in [3.8, 4) is 6.07 Å². The van der Waals surface area contributed by atoms with Gasteiger partial charge >= 0.3 is 0 Å². The highest BCUT2D eigenvalue weighted by molar-refractivity contribution is 5.48. The predicted octanol–water partition coefficient (Wildman–Crippen LogP) is 1.83. The number of hydrogen-bond acceptors (Lipinski definition) is 4. The molecular formula is C14H18FN3O. The fourth-order valence-corrected chi connectivity index (χ4v) is 2.08. The molecule has 1 aliphatic heterocycles. The van der Waals surface area contributed by atoms with Crippen molar-refractivity contribution in [1.82, 2.24) is 4.90 Å². The maximum Gasteiger partial charge on any atom is 0.147 e. The summed E-state index contributed by atoms with van der Waals surface area (Å²) in [4.78, 5) is 2.35. The van der Waals surface area contributed by atoms with Crippen molar-refractivity contribution in [3.05, 3.63) is 29.6 Å². The van der Waals surface area contributed by atoms with E-state index in [9.17, 15) is 4.39 Å². The Kier molecular flexibility index (Phi) is 5.13. The molecule has 1 N–H and O–H groups in total. The van der Waals surface area contributed by atoms with Crippen molar-refractivity contribution >= 4 is 5.69 Å². The topological polar surface area (TPSA) is 48.3 Å². The van der Waals surface area contributed by atoms with Crippen LogP contribution in [0.25, 0.3) is 0 Å². The number of anilines is 1. The van der Waals surface area contributed by atoms with Crippen molar-refractivity contribution in [1.29, 1.82) is 5.26 Å². The second kappa shape index (κ2) is 7.07. The van der Waals surface area contributed by atoms with Crippen molar-refractivity contribution in [2.75, 3.05) is 44.7 Å². The Morgan fingerprint density at radius 3 is 2.84 bits per heavy atom. The number of morpholine rings is 1. The molecule has 0 radical (unpaired) electrons. The first kappa shape index (κ1) is 13.8. The first-order valence-corrected chi connectivity index (χ1v) is 6.53. The van der Waals surface area contributed by atoms with Gasteiger partial charge < -0.3 is 10.1 Å². The molecule has 0 amide bonds. The van der Waals surface area contributed by atoms with Crippen molar-refractivity contribution in [2.24, 2.45) is 0 Å². The Bertz CT molecular complexity index is 452. The number of rotatable bonds is 5. The number of hydrogen-bond donors (Lipinski definition) is 1. The number of halogens is 1. The monoisotopic (exact) mass is 263 g/mol. The standard InChI is InChI=1S/C14H18FN3O/c15-13-10-12(11-16)2-3-14(13)17-4-1-5-18-6-8-19-9-7-18/h2-3,10,17H,1,4-9H2. The molecule has 0 spiro atoms. The van der Waals surface area contributed by atoms with Crippen LogP contribution in [0.3, 0.4) is 0 Å². The van der Waals surface area contributed by atoms with E-state index in [0.29, 0.717) is 11.3 Å². The number of ether oxygens (including phenoxy) is 1. The van der Waals surface area contributed by atoms with Crippen LogP contribution in [-0.2, 0) is 4.74 Å². The molecular weight excluding hydrogens is 245 g/mol. The molecule has 1 saturated heterocycles. The molecule has 0 aromatic heterocycles. The van der Waals surface area contributed by atoms with Crippen LogP contribution in [0.5, 0.6) is 0 Å². The van der Waals surface area contributed by atoms with Gasteiger partial charge in [0.15, 0.2) is 0 Å². The smallest absolute Gasteiger partial charge is 0.147 e. The van der Waals surface area contributed by atoms with Gasteiger partial charge in [0.05, 0.1) is 30.5 Å². The summed E-state index contributed by atoms with van der Waals surface area (Å²) in [6.45, 7) is 5.28. The first-order valence-electron chi connectivity index (χ1n) is 6.53. The van der Waals surface area contributed by atoms with Gasteiger partial charge in [0.1, 0.15) is 5.82 Å². The molecule has 2 rings (SSSR count). The summed E-state index contributed by atoms with van der Waals surface area (Å²) in [7, 11) is 0. The SMILES string of the molecule is N#Cc1ccc(NCCCN2CCOCC2)c(F)c1. The summed E-state index contributed by atoms with van der Waals surface area (Å²) in [5.41, 5.74) is 0.803. The van der Waals surface area contributed by atoms with Crippen LogP contribution in [0.4, 0.5) is 10.1 Å². The van der Waals surface area contributed by atoms with Crippen molar-refractivity contribution in [3.63, 3.8) is 0 Å². The molecule has 1 aromatic rings. The van der Waals surface area contributed by atoms with E-state index in [2.05, 4.69) is 10.2 Å². The van der Waals surface area contributed by atoms with Gasteiger partial charge in [0.2, 0.25) is 0 Å². The second-order valence-corrected chi connectivity index (χ2v) is 4.54. The predicted molar refractivity (Wildman–Crippen MR) is 71.5 cm³/mol. The highest BCUT2D eigenvalue weighted by Crippen LogP contribution is 2.15. The zero-order chi connectivity index (χ0) is 13.5. The van der Waals surface area contributed by atoms with Gasteiger partial charge in [-0.2, -0.15) is 5.26 Å². The first-order chi connectivity index (χ1) is 9.29. The quantitative estimate of drug-likeness (QED) is 0.823. The summed E-state index contributed by atoms with van der Waals surface area (Å²) >= 11 is 0. The highest BCUT2D eigenvalue weighted by Gasteiger charge is 2.09. The molecule has 1 fully saturated rings. The van der Waals surface area contributed by atoms with Gasteiger partial charge in [-0.05, 0) is 31.2 Å².